The van der Waals surface area contributed by atoms with Crippen molar-refractivity contribution in [3.63, 3.8) is 0 Å². The molecule has 0 spiro atoms. The number of carboxylic acid groups (broad SMARTS) is 1. The first-order valence-electron chi connectivity index (χ1n) is 5.27. The number of hydrogen-bond acceptors (Lipinski definition) is 2. The largest absolute Gasteiger partial charge is 0.480 e. The fourth-order valence-electron chi connectivity index (χ4n) is 1.71. The molecule has 1 aliphatic carbocycles. The average Bonchev–Trinajstić information content (AvgIpc) is 3.03. The van der Waals surface area contributed by atoms with Gasteiger partial charge in [-0.15, -0.1) is 0 Å². The fourth-order valence-corrected chi connectivity index (χ4v) is 1.71. The molecule has 1 unspecified atom stereocenters. The van der Waals surface area contributed by atoms with Crippen molar-refractivity contribution in [2.75, 3.05) is 0 Å². The molecule has 2 rings (SSSR count). The standard InChI is InChI=1S/C12H15NO2/c14-12(15)11(10-6-7-10)13-8-9-4-2-1-3-5-9/h1-5,10-11,13H,6-8H2,(H,14,15). The van der Waals surface area contributed by atoms with E-state index in [9.17, 15) is 4.79 Å². The molecule has 0 saturated heterocycles. The van der Waals surface area contributed by atoms with E-state index in [1.54, 1.807) is 0 Å². The van der Waals surface area contributed by atoms with Gasteiger partial charge in [-0.25, -0.2) is 0 Å². The zero-order valence-electron chi connectivity index (χ0n) is 8.52. The summed E-state index contributed by atoms with van der Waals surface area (Å²) in [5, 5.41) is 12.1. The first-order chi connectivity index (χ1) is 7.27. The van der Waals surface area contributed by atoms with Crippen LogP contribution in [-0.4, -0.2) is 17.1 Å². The molecule has 1 aromatic carbocycles. The van der Waals surface area contributed by atoms with E-state index in [0.717, 1.165) is 18.4 Å². The van der Waals surface area contributed by atoms with Crippen LogP contribution in [-0.2, 0) is 11.3 Å². The number of aliphatic carboxylic acids is 1. The van der Waals surface area contributed by atoms with Gasteiger partial charge in [-0.2, -0.15) is 0 Å². The molecule has 3 heteroatoms. The number of benzene rings is 1. The van der Waals surface area contributed by atoms with Crippen LogP contribution in [0.1, 0.15) is 18.4 Å². The number of carbonyl (C=O) groups is 1. The predicted octanol–water partition coefficient (Wildman–Crippen LogP) is 1.64. The van der Waals surface area contributed by atoms with Gasteiger partial charge in [-0.3, -0.25) is 4.79 Å². The van der Waals surface area contributed by atoms with E-state index in [0.29, 0.717) is 12.5 Å². The van der Waals surface area contributed by atoms with Crippen LogP contribution in [0, 0.1) is 5.92 Å². The second-order valence-electron chi connectivity index (χ2n) is 4.02. The minimum Gasteiger partial charge on any atom is -0.480 e. The summed E-state index contributed by atoms with van der Waals surface area (Å²) in [7, 11) is 0. The van der Waals surface area contributed by atoms with Gasteiger partial charge in [0.1, 0.15) is 6.04 Å². The van der Waals surface area contributed by atoms with Crippen LogP contribution in [0.4, 0.5) is 0 Å². The van der Waals surface area contributed by atoms with Crippen molar-refractivity contribution in [1.29, 1.82) is 0 Å². The Morgan fingerprint density at radius 2 is 2.07 bits per heavy atom. The first kappa shape index (κ1) is 10.2. The molecule has 15 heavy (non-hydrogen) atoms. The number of carboxylic acids is 1. The molecule has 0 radical (unpaired) electrons. The Kier molecular flexibility index (Phi) is 3.02. The third kappa shape index (κ3) is 2.80. The number of rotatable bonds is 5. The number of nitrogens with one attached hydrogen (secondary N) is 1. The topological polar surface area (TPSA) is 49.3 Å². The second kappa shape index (κ2) is 4.45. The molecule has 1 aliphatic rings. The molecule has 2 N–H and O–H groups in total. The van der Waals surface area contributed by atoms with Crippen molar-refractivity contribution in [3.8, 4) is 0 Å². The van der Waals surface area contributed by atoms with Crippen molar-refractivity contribution in [3.05, 3.63) is 35.9 Å². The van der Waals surface area contributed by atoms with Gasteiger partial charge < -0.3 is 10.4 Å². The molecule has 0 aliphatic heterocycles. The molecule has 1 atom stereocenters. The van der Waals surface area contributed by atoms with Crippen LogP contribution < -0.4 is 5.32 Å². The van der Waals surface area contributed by atoms with Gasteiger partial charge in [0.2, 0.25) is 0 Å². The average molecular weight is 205 g/mol. The van der Waals surface area contributed by atoms with E-state index in [-0.39, 0.29) is 6.04 Å². The van der Waals surface area contributed by atoms with Gasteiger partial charge in [-0.1, -0.05) is 30.3 Å². The summed E-state index contributed by atoms with van der Waals surface area (Å²) in [5.74, 6) is -0.389. The highest BCUT2D eigenvalue weighted by Gasteiger charge is 2.35. The Labute approximate surface area is 89.1 Å². The molecule has 0 heterocycles. The molecule has 80 valence electrons. The van der Waals surface area contributed by atoms with E-state index in [4.69, 9.17) is 5.11 Å². The van der Waals surface area contributed by atoms with Crippen LogP contribution in [0.5, 0.6) is 0 Å². The highest BCUT2D eigenvalue weighted by Crippen LogP contribution is 2.32. The van der Waals surface area contributed by atoms with Crippen LogP contribution in [0.25, 0.3) is 0 Å². The van der Waals surface area contributed by atoms with Crippen LogP contribution in [0.15, 0.2) is 30.3 Å². The Morgan fingerprint density at radius 3 is 2.60 bits per heavy atom. The summed E-state index contributed by atoms with van der Waals surface area (Å²) in [5.41, 5.74) is 1.13. The zero-order valence-corrected chi connectivity index (χ0v) is 8.52. The van der Waals surface area contributed by atoms with Crippen molar-refractivity contribution in [2.45, 2.75) is 25.4 Å². The van der Waals surface area contributed by atoms with Gasteiger partial charge in [0.15, 0.2) is 0 Å². The summed E-state index contributed by atoms with van der Waals surface area (Å²) < 4.78 is 0. The van der Waals surface area contributed by atoms with Crippen LogP contribution >= 0.6 is 0 Å². The van der Waals surface area contributed by atoms with Crippen molar-refractivity contribution in [1.82, 2.24) is 5.32 Å². The van der Waals surface area contributed by atoms with Crippen molar-refractivity contribution in [2.24, 2.45) is 5.92 Å². The second-order valence-corrected chi connectivity index (χ2v) is 4.02. The van der Waals surface area contributed by atoms with E-state index in [2.05, 4.69) is 5.32 Å². The minimum absolute atomic E-state index is 0.339. The summed E-state index contributed by atoms with van der Waals surface area (Å²) >= 11 is 0. The lowest BCUT2D eigenvalue weighted by Gasteiger charge is -2.13. The molecule has 0 amide bonds. The highest BCUT2D eigenvalue weighted by molar-refractivity contribution is 5.74. The lowest BCUT2D eigenvalue weighted by atomic mass is 10.1. The normalized spacial score (nSPS) is 17.3. The van der Waals surface area contributed by atoms with Gasteiger partial charge in [0, 0.05) is 6.54 Å². The van der Waals surface area contributed by atoms with Gasteiger partial charge >= 0.3 is 5.97 Å². The third-order valence-corrected chi connectivity index (χ3v) is 2.73. The lowest BCUT2D eigenvalue weighted by Crippen LogP contribution is -2.37. The fraction of sp³-hybridized carbons (Fsp3) is 0.417. The summed E-state index contributed by atoms with van der Waals surface area (Å²) in [6, 6.07) is 9.51. The molecular formula is C12H15NO2. The lowest BCUT2D eigenvalue weighted by molar-refractivity contribution is -0.140. The first-order valence-corrected chi connectivity index (χ1v) is 5.27. The maximum Gasteiger partial charge on any atom is 0.320 e. The van der Waals surface area contributed by atoms with E-state index < -0.39 is 5.97 Å². The molecule has 0 bridgehead atoms. The van der Waals surface area contributed by atoms with Gasteiger partial charge in [-0.05, 0) is 24.3 Å². The van der Waals surface area contributed by atoms with Crippen molar-refractivity contribution >= 4 is 5.97 Å². The predicted molar refractivity (Wildman–Crippen MR) is 57.4 cm³/mol. The van der Waals surface area contributed by atoms with Gasteiger partial charge in [0.05, 0.1) is 0 Å². The third-order valence-electron chi connectivity index (χ3n) is 2.73. The quantitative estimate of drug-likeness (QED) is 0.768. The maximum atomic E-state index is 10.9. The Balaban J connectivity index is 1.88. The highest BCUT2D eigenvalue weighted by atomic mass is 16.4. The monoisotopic (exact) mass is 205 g/mol. The van der Waals surface area contributed by atoms with Crippen LogP contribution in [0.3, 0.4) is 0 Å². The maximum absolute atomic E-state index is 10.9. The minimum atomic E-state index is -0.728. The Hall–Kier alpha value is -1.35. The SMILES string of the molecule is O=C(O)C(NCc1ccccc1)C1CC1. The van der Waals surface area contributed by atoms with Crippen molar-refractivity contribution < 1.29 is 9.90 Å². The van der Waals surface area contributed by atoms with E-state index in [1.165, 1.54) is 0 Å². The summed E-state index contributed by atoms with van der Waals surface area (Å²) in [6.45, 7) is 0.633. The summed E-state index contributed by atoms with van der Waals surface area (Å²) in [4.78, 5) is 10.9. The summed E-state index contributed by atoms with van der Waals surface area (Å²) in [6.07, 6.45) is 2.08. The molecular weight excluding hydrogens is 190 g/mol. The van der Waals surface area contributed by atoms with Crippen LogP contribution in [0.2, 0.25) is 0 Å². The Bertz CT molecular complexity index is 333. The molecule has 0 aromatic heterocycles. The zero-order chi connectivity index (χ0) is 10.7. The molecule has 1 saturated carbocycles. The number of hydrogen-bond donors (Lipinski definition) is 2. The molecule has 1 fully saturated rings. The van der Waals surface area contributed by atoms with E-state index >= 15 is 0 Å². The molecule has 1 aromatic rings. The molecule has 3 nitrogen and oxygen atoms in total. The van der Waals surface area contributed by atoms with E-state index in [1.807, 2.05) is 30.3 Å². The smallest absolute Gasteiger partial charge is 0.320 e. The Morgan fingerprint density at radius 1 is 1.40 bits per heavy atom. The van der Waals surface area contributed by atoms with Gasteiger partial charge in [0.25, 0.3) is 0 Å².